The lowest BCUT2D eigenvalue weighted by Gasteiger charge is -2.44. The van der Waals surface area contributed by atoms with Crippen molar-refractivity contribution in [3.05, 3.63) is 234 Å². The van der Waals surface area contributed by atoms with Crippen LogP contribution in [-0.2, 0) is 5.41 Å². The van der Waals surface area contributed by atoms with Gasteiger partial charge in [0, 0.05) is 22.0 Å². The predicted molar refractivity (Wildman–Crippen MR) is 240 cm³/mol. The molecule has 12 rings (SSSR count). The molecule has 3 nitrogen and oxygen atoms in total. The minimum atomic E-state index is -0.573. The SMILES string of the molecule is Cc1ccc(-n2c3ccccc3c3c4c(ccc32)C2(c3ccccc3-4)c3ccccc3N(c3cc(-c4ccccc4)cc(-c4ccccc4)n3)c3ccccc32)cc1. The lowest BCUT2D eigenvalue weighted by Crippen LogP contribution is -2.36. The molecule has 3 heterocycles. The summed E-state index contributed by atoms with van der Waals surface area (Å²) in [6.07, 6.45) is 0. The molecule has 2 aromatic heterocycles. The molecule has 0 N–H and O–H groups in total. The van der Waals surface area contributed by atoms with E-state index in [1.807, 2.05) is 0 Å². The molecule has 0 atom stereocenters. The molecule has 0 saturated carbocycles. The molecule has 0 unspecified atom stereocenters. The van der Waals surface area contributed by atoms with Crippen LogP contribution in [0.5, 0.6) is 0 Å². The number of para-hydroxylation sites is 3. The molecule has 0 amide bonds. The molecule has 10 aromatic rings. The number of rotatable bonds is 4. The van der Waals surface area contributed by atoms with Gasteiger partial charge < -0.3 is 4.57 Å². The molecule has 1 aliphatic carbocycles. The molecule has 8 aromatic carbocycles. The number of anilines is 3. The van der Waals surface area contributed by atoms with Crippen LogP contribution in [0.4, 0.5) is 17.2 Å². The highest BCUT2D eigenvalue weighted by molar-refractivity contribution is 6.18. The van der Waals surface area contributed by atoms with Gasteiger partial charge in [-0.2, -0.15) is 0 Å². The highest BCUT2D eigenvalue weighted by Crippen LogP contribution is 2.64. The maximum absolute atomic E-state index is 5.49. The van der Waals surface area contributed by atoms with E-state index in [4.69, 9.17) is 4.98 Å². The van der Waals surface area contributed by atoms with Crippen LogP contribution in [0.1, 0.15) is 27.8 Å². The Morgan fingerprint density at radius 1 is 0.448 bits per heavy atom. The van der Waals surface area contributed by atoms with Crippen LogP contribution in [0, 0.1) is 6.92 Å². The standard InChI is InChI=1S/C55H37N3/c1-36-28-30-40(31-29-36)57-48-25-13-9-21-42(48)54-51(57)33-32-46-53(54)41-20-8-10-22-43(41)55(46)44-23-11-14-26-49(44)58(50-27-15-12-24-45(50)55)52-35-39(37-16-4-2-5-17-37)34-47(56-52)38-18-6-3-7-19-38/h2-35H,1H3. The third-order valence-electron chi connectivity index (χ3n) is 12.5. The van der Waals surface area contributed by atoms with E-state index in [1.54, 1.807) is 0 Å². The van der Waals surface area contributed by atoms with Crippen LogP contribution in [0.25, 0.3) is 61.0 Å². The van der Waals surface area contributed by atoms with E-state index in [9.17, 15) is 0 Å². The summed E-state index contributed by atoms with van der Waals surface area (Å²) in [7, 11) is 0. The molecule has 0 bridgehead atoms. The first-order valence-electron chi connectivity index (χ1n) is 20.1. The zero-order chi connectivity index (χ0) is 38.4. The largest absolute Gasteiger partial charge is 0.309 e. The molecule has 2 aliphatic rings. The van der Waals surface area contributed by atoms with Crippen LogP contribution < -0.4 is 4.90 Å². The summed E-state index contributed by atoms with van der Waals surface area (Å²) >= 11 is 0. The van der Waals surface area contributed by atoms with Crippen molar-refractivity contribution in [3.63, 3.8) is 0 Å². The zero-order valence-corrected chi connectivity index (χ0v) is 32.0. The highest BCUT2D eigenvalue weighted by atomic mass is 15.2. The van der Waals surface area contributed by atoms with Crippen molar-refractivity contribution in [2.24, 2.45) is 0 Å². The molecule has 58 heavy (non-hydrogen) atoms. The molecular formula is C55H37N3. The summed E-state index contributed by atoms with van der Waals surface area (Å²) < 4.78 is 2.44. The van der Waals surface area contributed by atoms with E-state index in [0.29, 0.717) is 0 Å². The lowest BCUT2D eigenvalue weighted by molar-refractivity contribution is 0.752. The number of hydrogen-bond acceptors (Lipinski definition) is 2. The van der Waals surface area contributed by atoms with Gasteiger partial charge in [0.2, 0.25) is 0 Å². The number of nitrogens with zero attached hydrogens (tertiary/aromatic N) is 3. The second kappa shape index (κ2) is 12.5. The van der Waals surface area contributed by atoms with Gasteiger partial charge in [0.05, 0.1) is 33.5 Å². The van der Waals surface area contributed by atoms with Gasteiger partial charge in [-0.05, 0) is 100.0 Å². The Labute approximate surface area is 337 Å². The molecular weight excluding hydrogens is 703 g/mol. The number of aromatic nitrogens is 2. The summed E-state index contributed by atoms with van der Waals surface area (Å²) in [5, 5.41) is 2.55. The number of hydrogen-bond donors (Lipinski definition) is 0. The highest BCUT2D eigenvalue weighted by Gasteiger charge is 2.52. The first kappa shape index (κ1) is 32.7. The Balaban J connectivity index is 1.17. The van der Waals surface area contributed by atoms with Gasteiger partial charge in [0.25, 0.3) is 0 Å². The topological polar surface area (TPSA) is 21.1 Å². The molecule has 272 valence electrons. The molecule has 0 fully saturated rings. The summed E-state index contributed by atoms with van der Waals surface area (Å²) in [4.78, 5) is 7.89. The number of fused-ring (bicyclic) bond motifs is 13. The summed E-state index contributed by atoms with van der Waals surface area (Å²) in [6.45, 7) is 2.15. The van der Waals surface area contributed by atoms with Gasteiger partial charge in [0.1, 0.15) is 5.82 Å². The van der Waals surface area contributed by atoms with Gasteiger partial charge in [-0.3, -0.25) is 4.90 Å². The Kier molecular flexibility index (Phi) is 7.06. The van der Waals surface area contributed by atoms with E-state index in [0.717, 1.165) is 39.6 Å². The van der Waals surface area contributed by atoms with Crippen molar-refractivity contribution in [3.8, 4) is 39.2 Å². The van der Waals surface area contributed by atoms with Crippen LogP contribution in [0.2, 0.25) is 0 Å². The average Bonchev–Trinajstić information content (AvgIpc) is 3.78. The number of benzene rings is 8. The average molecular weight is 740 g/mol. The molecule has 0 saturated heterocycles. The third kappa shape index (κ3) is 4.53. The normalized spacial score (nSPS) is 13.4. The van der Waals surface area contributed by atoms with E-state index >= 15 is 0 Å². The van der Waals surface area contributed by atoms with E-state index in [1.165, 1.54) is 66.4 Å². The molecule has 1 spiro atoms. The van der Waals surface area contributed by atoms with Gasteiger partial charge in [0.15, 0.2) is 0 Å². The maximum atomic E-state index is 5.49. The van der Waals surface area contributed by atoms with Crippen LogP contribution in [-0.4, -0.2) is 9.55 Å². The molecule has 3 heteroatoms. The fraction of sp³-hybridized carbons (Fsp3) is 0.0364. The number of aryl methyl sites for hydroxylation is 1. The van der Waals surface area contributed by atoms with Crippen molar-refractivity contribution in [1.82, 2.24) is 9.55 Å². The first-order valence-corrected chi connectivity index (χ1v) is 20.1. The summed E-state index contributed by atoms with van der Waals surface area (Å²) in [6, 6.07) is 75.5. The Morgan fingerprint density at radius 2 is 1.05 bits per heavy atom. The fourth-order valence-electron chi connectivity index (χ4n) is 10.1. The Hall–Kier alpha value is -7.49. The lowest BCUT2D eigenvalue weighted by atomic mass is 9.64. The molecule has 0 radical (unpaired) electrons. The predicted octanol–water partition coefficient (Wildman–Crippen LogP) is 14.0. The van der Waals surface area contributed by atoms with Crippen LogP contribution in [0.3, 0.4) is 0 Å². The maximum Gasteiger partial charge on any atom is 0.138 e. The van der Waals surface area contributed by atoms with Gasteiger partial charge >= 0.3 is 0 Å². The van der Waals surface area contributed by atoms with Crippen LogP contribution in [0.15, 0.2) is 206 Å². The Bertz CT molecular complexity index is 3130. The monoisotopic (exact) mass is 739 g/mol. The third-order valence-corrected chi connectivity index (χ3v) is 12.5. The minimum absolute atomic E-state index is 0.573. The van der Waals surface area contributed by atoms with Gasteiger partial charge in [-0.15, -0.1) is 0 Å². The van der Waals surface area contributed by atoms with E-state index < -0.39 is 5.41 Å². The second-order valence-electron chi connectivity index (χ2n) is 15.6. The quantitative estimate of drug-likeness (QED) is 0.179. The first-order chi connectivity index (χ1) is 28.7. The summed E-state index contributed by atoms with van der Waals surface area (Å²) in [5.74, 6) is 0.887. The molecule has 1 aliphatic heterocycles. The summed E-state index contributed by atoms with van der Waals surface area (Å²) in [5.41, 5.74) is 18.5. The van der Waals surface area contributed by atoms with Gasteiger partial charge in [-0.1, -0.05) is 163 Å². The van der Waals surface area contributed by atoms with E-state index in [2.05, 4.69) is 223 Å². The van der Waals surface area contributed by atoms with Crippen LogP contribution >= 0.6 is 0 Å². The second-order valence-corrected chi connectivity index (χ2v) is 15.6. The minimum Gasteiger partial charge on any atom is -0.309 e. The van der Waals surface area contributed by atoms with Crippen molar-refractivity contribution in [1.29, 1.82) is 0 Å². The zero-order valence-electron chi connectivity index (χ0n) is 32.0. The van der Waals surface area contributed by atoms with Crippen molar-refractivity contribution >= 4 is 39.0 Å². The Morgan fingerprint density at radius 3 is 1.78 bits per heavy atom. The number of pyridine rings is 1. The van der Waals surface area contributed by atoms with Crippen molar-refractivity contribution in [2.45, 2.75) is 12.3 Å². The fourth-order valence-corrected chi connectivity index (χ4v) is 10.1. The van der Waals surface area contributed by atoms with E-state index in [-0.39, 0.29) is 0 Å². The smallest absolute Gasteiger partial charge is 0.138 e. The van der Waals surface area contributed by atoms with Gasteiger partial charge in [-0.25, -0.2) is 4.98 Å². The van der Waals surface area contributed by atoms with Crippen molar-refractivity contribution in [2.75, 3.05) is 4.90 Å². The van der Waals surface area contributed by atoms with Crippen molar-refractivity contribution < 1.29 is 0 Å².